The van der Waals surface area contributed by atoms with Crippen LogP contribution in [0.2, 0.25) is 0 Å². The summed E-state index contributed by atoms with van der Waals surface area (Å²) in [5, 5.41) is 4.27. The summed E-state index contributed by atoms with van der Waals surface area (Å²) in [5.41, 5.74) is 7.49. The Bertz CT molecular complexity index is 533. The number of nitrogens with zero attached hydrogens (tertiary/aromatic N) is 3. The monoisotopic (exact) mass is 336 g/mol. The van der Waals surface area contributed by atoms with Crippen molar-refractivity contribution in [2.75, 3.05) is 0 Å². The van der Waals surface area contributed by atoms with Gasteiger partial charge in [-0.25, -0.2) is 9.67 Å². The van der Waals surface area contributed by atoms with Crippen LogP contribution in [0.25, 0.3) is 0 Å². The van der Waals surface area contributed by atoms with E-state index in [1.165, 1.54) is 5.56 Å². The van der Waals surface area contributed by atoms with E-state index in [2.05, 4.69) is 52.0 Å². The summed E-state index contributed by atoms with van der Waals surface area (Å²) >= 11 is 3.44. The molecule has 1 aromatic heterocycles. The van der Waals surface area contributed by atoms with Crippen LogP contribution in [-0.4, -0.2) is 20.8 Å². The molecule has 4 nitrogen and oxygen atoms in total. The summed E-state index contributed by atoms with van der Waals surface area (Å²) in [7, 11) is 0. The molecular formula is C15H21BrN4. The number of hydrogen-bond acceptors (Lipinski definition) is 3. The lowest BCUT2D eigenvalue weighted by Crippen LogP contribution is -2.27. The Labute approximate surface area is 128 Å². The van der Waals surface area contributed by atoms with Gasteiger partial charge in [-0.15, -0.1) is 0 Å². The molecule has 20 heavy (non-hydrogen) atoms. The lowest BCUT2D eigenvalue weighted by Gasteiger charge is -2.13. The lowest BCUT2D eigenvalue weighted by molar-refractivity contribution is 0.457. The van der Waals surface area contributed by atoms with Crippen LogP contribution >= 0.6 is 15.9 Å². The Hall–Kier alpha value is -1.20. The summed E-state index contributed by atoms with van der Waals surface area (Å²) in [4.78, 5) is 4.33. The summed E-state index contributed by atoms with van der Waals surface area (Å²) in [6.07, 6.45) is 3.22. The second kappa shape index (κ2) is 6.99. The highest BCUT2D eigenvalue weighted by atomic mass is 79.9. The molecule has 1 unspecified atom stereocenters. The highest BCUT2D eigenvalue weighted by molar-refractivity contribution is 9.10. The van der Waals surface area contributed by atoms with E-state index in [9.17, 15) is 0 Å². The van der Waals surface area contributed by atoms with Crippen molar-refractivity contribution in [3.05, 3.63) is 46.5 Å². The summed E-state index contributed by atoms with van der Waals surface area (Å²) in [6.45, 7) is 5.24. The van der Waals surface area contributed by atoms with E-state index in [1.807, 2.05) is 16.8 Å². The molecule has 1 heterocycles. The molecular weight excluding hydrogens is 316 g/mol. The van der Waals surface area contributed by atoms with Gasteiger partial charge < -0.3 is 5.73 Å². The molecule has 0 bridgehead atoms. The van der Waals surface area contributed by atoms with E-state index >= 15 is 0 Å². The molecule has 0 aliphatic rings. The predicted molar refractivity (Wildman–Crippen MR) is 84.4 cm³/mol. The first-order valence-corrected chi connectivity index (χ1v) is 7.70. The molecule has 1 aromatic carbocycles. The van der Waals surface area contributed by atoms with Gasteiger partial charge in [-0.2, -0.15) is 5.10 Å². The number of nitrogens with two attached hydrogens (primary N) is 1. The van der Waals surface area contributed by atoms with Crippen molar-refractivity contribution in [2.45, 2.75) is 39.3 Å². The normalized spacial score (nSPS) is 12.8. The Morgan fingerprint density at radius 1 is 1.20 bits per heavy atom. The zero-order chi connectivity index (χ0) is 14.5. The van der Waals surface area contributed by atoms with Gasteiger partial charge in [-0.3, -0.25) is 0 Å². The van der Waals surface area contributed by atoms with Gasteiger partial charge in [0.05, 0.1) is 0 Å². The van der Waals surface area contributed by atoms with Crippen LogP contribution in [0.15, 0.2) is 35.1 Å². The molecule has 108 valence electrons. The van der Waals surface area contributed by atoms with Crippen molar-refractivity contribution in [2.24, 2.45) is 11.7 Å². The maximum Gasteiger partial charge on any atom is 0.138 e. The van der Waals surface area contributed by atoms with E-state index < -0.39 is 0 Å². The molecule has 0 spiro atoms. The molecule has 2 N–H and O–H groups in total. The van der Waals surface area contributed by atoms with Crippen LogP contribution in [0.3, 0.4) is 0 Å². The number of aromatic nitrogens is 3. The van der Waals surface area contributed by atoms with Gasteiger partial charge in [0.2, 0.25) is 0 Å². The average Bonchev–Trinajstić information content (AvgIpc) is 2.78. The van der Waals surface area contributed by atoms with Gasteiger partial charge in [-0.1, -0.05) is 41.9 Å². The van der Waals surface area contributed by atoms with Crippen LogP contribution < -0.4 is 5.73 Å². The van der Waals surface area contributed by atoms with Gasteiger partial charge in [-0.05, 0) is 30.0 Å². The maximum absolute atomic E-state index is 6.24. The highest BCUT2D eigenvalue weighted by Gasteiger charge is 2.11. The molecule has 0 saturated heterocycles. The topological polar surface area (TPSA) is 56.7 Å². The van der Waals surface area contributed by atoms with E-state index in [1.54, 1.807) is 6.33 Å². The van der Waals surface area contributed by atoms with Crippen molar-refractivity contribution in [1.29, 1.82) is 0 Å². The first-order valence-electron chi connectivity index (χ1n) is 6.91. The highest BCUT2D eigenvalue weighted by Crippen LogP contribution is 2.12. The smallest absolute Gasteiger partial charge is 0.138 e. The fourth-order valence-electron chi connectivity index (χ4n) is 2.17. The first-order chi connectivity index (χ1) is 9.54. The van der Waals surface area contributed by atoms with Crippen LogP contribution in [0.5, 0.6) is 0 Å². The SMILES string of the molecule is CC(C)Cn1ncnc1CC(N)Cc1ccc(Br)cc1. The first kappa shape index (κ1) is 15.2. The van der Waals surface area contributed by atoms with Crippen molar-refractivity contribution in [3.8, 4) is 0 Å². The van der Waals surface area contributed by atoms with Crippen molar-refractivity contribution >= 4 is 15.9 Å². The average molecular weight is 337 g/mol. The number of hydrogen-bond donors (Lipinski definition) is 1. The molecule has 0 fully saturated rings. The molecule has 0 aliphatic heterocycles. The summed E-state index contributed by atoms with van der Waals surface area (Å²) in [6, 6.07) is 8.35. The molecule has 1 atom stereocenters. The molecule has 0 aliphatic carbocycles. The molecule has 2 aromatic rings. The third-order valence-electron chi connectivity index (χ3n) is 3.09. The number of benzene rings is 1. The van der Waals surface area contributed by atoms with Crippen molar-refractivity contribution in [3.63, 3.8) is 0 Å². The number of rotatable bonds is 6. The molecule has 0 amide bonds. The minimum atomic E-state index is 0.0614. The second-order valence-corrected chi connectivity index (χ2v) is 6.46. The second-order valence-electron chi connectivity index (χ2n) is 5.55. The Morgan fingerprint density at radius 2 is 1.90 bits per heavy atom. The fourth-order valence-corrected chi connectivity index (χ4v) is 2.44. The quantitative estimate of drug-likeness (QED) is 0.882. The van der Waals surface area contributed by atoms with Gasteiger partial charge in [0.1, 0.15) is 12.2 Å². The zero-order valence-electron chi connectivity index (χ0n) is 12.0. The minimum Gasteiger partial charge on any atom is -0.327 e. The standard InChI is InChI=1S/C15H21BrN4/c1-11(2)9-20-15(18-10-19-20)8-14(17)7-12-3-5-13(16)6-4-12/h3-6,10-11,14H,7-9,17H2,1-2H3. The van der Waals surface area contributed by atoms with E-state index in [0.29, 0.717) is 5.92 Å². The van der Waals surface area contributed by atoms with Gasteiger partial charge >= 0.3 is 0 Å². The number of halogens is 1. The van der Waals surface area contributed by atoms with E-state index in [-0.39, 0.29) is 6.04 Å². The van der Waals surface area contributed by atoms with E-state index in [4.69, 9.17) is 5.73 Å². The van der Waals surface area contributed by atoms with Crippen LogP contribution in [0.4, 0.5) is 0 Å². The summed E-state index contributed by atoms with van der Waals surface area (Å²) < 4.78 is 3.05. The molecule has 2 rings (SSSR count). The van der Waals surface area contributed by atoms with Gasteiger partial charge in [0.15, 0.2) is 0 Å². The Morgan fingerprint density at radius 3 is 2.55 bits per heavy atom. The third-order valence-corrected chi connectivity index (χ3v) is 3.62. The summed E-state index contributed by atoms with van der Waals surface area (Å²) in [5.74, 6) is 1.53. The lowest BCUT2D eigenvalue weighted by atomic mass is 10.0. The predicted octanol–water partition coefficient (Wildman–Crippen LogP) is 2.81. The largest absolute Gasteiger partial charge is 0.327 e. The molecule has 0 saturated carbocycles. The van der Waals surface area contributed by atoms with Crippen LogP contribution in [0.1, 0.15) is 25.2 Å². The van der Waals surface area contributed by atoms with Crippen LogP contribution in [0, 0.1) is 5.92 Å². The molecule has 0 radical (unpaired) electrons. The van der Waals surface area contributed by atoms with Crippen molar-refractivity contribution < 1.29 is 0 Å². The molecule has 5 heteroatoms. The minimum absolute atomic E-state index is 0.0614. The zero-order valence-corrected chi connectivity index (χ0v) is 13.5. The van der Waals surface area contributed by atoms with Crippen molar-refractivity contribution in [1.82, 2.24) is 14.8 Å². The maximum atomic E-state index is 6.24. The Kier molecular flexibility index (Phi) is 5.31. The fraction of sp³-hybridized carbons (Fsp3) is 0.467. The van der Waals surface area contributed by atoms with Gasteiger partial charge in [0, 0.05) is 23.5 Å². The van der Waals surface area contributed by atoms with Gasteiger partial charge in [0.25, 0.3) is 0 Å². The van der Waals surface area contributed by atoms with Crippen LogP contribution in [-0.2, 0) is 19.4 Å². The third kappa shape index (κ3) is 4.42. The van der Waals surface area contributed by atoms with E-state index in [0.717, 1.165) is 29.7 Å². The Balaban J connectivity index is 1.96.